The highest BCUT2D eigenvalue weighted by molar-refractivity contribution is 6.30. The number of hydrogen-bond donors (Lipinski definition) is 2. The first-order valence-electron chi connectivity index (χ1n) is 8.36. The first-order valence-corrected chi connectivity index (χ1v) is 8.74. The summed E-state index contributed by atoms with van der Waals surface area (Å²) >= 11 is 5.96. The van der Waals surface area contributed by atoms with Crippen LogP contribution in [-0.4, -0.2) is 12.5 Å². The minimum absolute atomic E-state index is 0.129. The lowest BCUT2D eigenvalue weighted by molar-refractivity contribution is -0.122. The molecule has 3 nitrogen and oxygen atoms in total. The van der Waals surface area contributed by atoms with Gasteiger partial charge in [0.1, 0.15) is 0 Å². The van der Waals surface area contributed by atoms with Crippen molar-refractivity contribution >= 4 is 17.5 Å². The normalized spacial score (nSPS) is 21.4. The van der Waals surface area contributed by atoms with Gasteiger partial charge in [0.05, 0.1) is 6.04 Å². The van der Waals surface area contributed by atoms with E-state index in [1.165, 1.54) is 6.42 Å². The van der Waals surface area contributed by atoms with Crippen LogP contribution in [0.1, 0.15) is 57.1 Å². The fourth-order valence-corrected chi connectivity index (χ4v) is 3.08. The molecule has 4 heteroatoms. The lowest BCUT2D eigenvalue weighted by Gasteiger charge is -2.19. The predicted molar refractivity (Wildman–Crippen MR) is 91.7 cm³/mol. The summed E-state index contributed by atoms with van der Waals surface area (Å²) in [7, 11) is 0. The standard InChI is InChI=1S/C18H27ClN2O/c1-13-12-16(13)18(14-7-9-15(19)10-8-14)21-17(22)6-4-2-3-5-11-20/h7-10,13,16,18H,2-6,11-12,20H2,1H3,(H,21,22). The molecule has 1 fully saturated rings. The number of benzene rings is 1. The maximum Gasteiger partial charge on any atom is 0.220 e. The number of carbonyl (C=O) groups excluding carboxylic acids is 1. The Bertz CT molecular complexity index is 474. The van der Waals surface area contributed by atoms with Gasteiger partial charge in [0.15, 0.2) is 0 Å². The largest absolute Gasteiger partial charge is 0.349 e. The quantitative estimate of drug-likeness (QED) is 0.673. The Morgan fingerprint density at radius 2 is 1.91 bits per heavy atom. The van der Waals surface area contributed by atoms with Crippen molar-refractivity contribution in [2.45, 2.75) is 51.5 Å². The van der Waals surface area contributed by atoms with Crippen LogP contribution in [0.5, 0.6) is 0 Å². The van der Waals surface area contributed by atoms with Gasteiger partial charge < -0.3 is 11.1 Å². The highest BCUT2D eigenvalue weighted by Crippen LogP contribution is 2.47. The van der Waals surface area contributed by atoms with Crippen molar-refractivity contribution in [3.05, 3.63) is 34.9 Å². The third-order valence-corrected chi connectivity index (χ3v) is 4.76. The van der Waals surface area contributed by atoms with Gasteiger partial charge >= 0.3 is 0 Å². The first kappa shape index (κ1) is 17.3. The van der Waals surface area contributed by atoms with Crippen LogP contribution in [-0.2, 0) is 4.79 Å². The minimum Gasteiger partial charge on any atom is -0.349 e. The molecule has 1 aliphatic carbocycles. The SMILES string of the molecule is CC1CC1C(NC(=O)CCCCCCN)c1ccc(Cl)cc1. The van der Waals surface area contributed by atoms with Crippen LogP contribution >= 0.6 is 11.6 Å². The molecule has 1 aromatic carbocycles. The Kier molecular flexibility index (Phi) is 6.71. The smallest absolute Gasteiger partial charge is 0.220 e. The number of amides is 1. The second-order valence-corrected chi connectivity index (χ2v) is 6.86. The Morgan fingerprint density at radius 3 is 2.50 bits per heavy atom. The lowest BCUT2D eigenvalue weighted by Crippen LogP contribution is -2.30. The van der Waals surface area contributed by atoms with E-state index < -0.39 is 0 Å². The predicted octanol–water partition coefficient (Wildman–Crippen LogP) is 4.06. The van der Waals surface area contributed by atoms with E-state index in [0.29, 0.717) is 18.3 Å². The monoisotopic (exact) mass is 322 g/mol. The van der Waals surface area contributed by atoms with E-state index in [1.807, 2.05) is 24.3 Å². The van der Waals surface area contributed by atoms with Crippen molar-refractivity contribution in [1.82, 2.24) is 5.32 Å². The Labute approximate surface area is 138 Å². The molecule has 1 aromatic rings. The van der Waals surface area contributed by atoms with Crippen LogP contribution in [0.25, 0.3) is 0 Å². The minimum atomic E-state index is 0.129. The van der Waals surface area contributed by atoms with E-state index >= 15 is 0 Å². The zero-order valence-corrected chi connectivity index (χ0v) is 14.1. The molecule has 0 bridgehead atoms. The van der Waals surface area contributed by atoms with Gasteiger partial charge in [-0.15, -0.1) is 0 Å². The molecule has 3 atom stereocenters. The lowest BCUT2D eigenvalue weighted by atomic mass is 10.0. The third-order valence-electron chi connectivity index (χ3n) is 4.50. The van der Waals surface area contributed by atoms with Crippen LogP contribution in [0.4, 0.5) is 0 Å². The molecule has 0 aliphatic heterocycles. The average molecular weight is 323 g/mol. The average Bonchev–Trinajstić information content (AvgIpc) is 3.22. The number of rotatable bonds is 9. The molecule has 1 aliphatic rings. The van der Waals surface area contributed by atoms with Gasteiger partial charge in [-0.2, -0.15) is 0 Å². The highest BCUT2D eigenvalue weighted by Gasteiger charge is 2.40. The van der Waals surface area contributed by atoms with E-state index in [-0.39, 0.29) is 11.9 Å². The van der Waals surface area contributed by atoms with Crippen molar-refractivity contribution in [3.63, 3.8) is 0 Å². The van der Waals surface area contributed by atoms with Crippen molar-refractivity contribution < 1.29 is 4.79 Å². The summed E-state index contributed by atoms with van der Waals surface area (Å²) in [5.41, 5.74) is 6.64. The zero-order valence-electron chi connectivity index (χ0n) is 13.4. The summed E-state index contributed by atoms with van der Waals surface area (Å²) in [6.07, 6.45) is 5.98. The van der Waals surface area contributed by atoms with Gasteiger partial charge in [-0.05, 0) is 55.3 Å². The highest BCUT2D eigenvalue weighted by atomic mass is 35.5. The van der Waals surface area contributed by atoms with Gasteiger partial charge in [0.25, 0.3) is 0 Å². The molecule has 122 valence electrons. The molecule has 1 saturated carbocycles. The molecule has 0 saturated heterocycles. The maximum atomic E-state index is 12.2. The number of unbranched alkanes of at least 4 members (excludes halogenated alkanes) is 3. The number of halogens is 1. The van der Waals surface area contributed by atoms with E-state index in [9.17, 15) is 4.79 Å². The number of nitrogens with one attached hydrogen (secondary N) is 1. The van der Waals surface area contributed by atoms with Gasteiger partial charge in [-0.25, -0.2) is 0 Å². The second-order valence-electron chi connectivity index (χ2n) is 6.43. The Morgan fingerprint density at radius 1 is 1.27 bits per heavy atom. The van der Waals surface area contributed by atoms with Gasteiger partial charge in [0.2, 0.25) is 5.91 Å². The first-order chi connectivity index (χ1) is 10.6. The molecule has 0 spiro atoms. The van der Waals surface area contributed by atoms with Crippen LogP contribution in [0.3, 0.4) is 0 Å². The summed E-state index contributed by atoms with van der Waals surface area (Å²) in [6, 6.07) is 7.98. The molecule has 0 aromatic heterocycles. The Hall–Kier alpha value is -1.06. The van der Waals surface area contributed by atoms with Crippen molar-refractivity contribution in [3.8, 4) is 0 Å². The fourth-order valence-electron chi connectivity index (χ4n) is 2.95. The van der Waals surface area contributed by atoms with E-state index in [1.54, 1.807) is 0 Å². The molecule has 2 rings (SSSR count). The Balaban J connectivity index is 1.85. The maximum absolute atomic E-state index is 12.2. The molecule has 0 radical (unpaired) electrons. The third kappa shape index (κ3) is 5.29. The second kappa shape index (κ2) is 8.54. The number of nitrogens with two attached hydrogens (primary N) is 1. The fraction of sp³-hybridized carbons (Fsp3) is 0.611. The van der Waals surface area contributed by atoms with Crippen LogP contribution in [0.15, 0.2) is 24.3 Å². The van der Waals surface area contributed by atoms with Crippen LogP contribution < -0.4 is 11.1 Å². The van der Waals surface area contributed by atoms with Crippen LogP contribution in [0.2, 0.25) is 5.02 Å². The number of carbonyl (C=O) groups is 1. The van der Waals surface area contributed by atoms with Gasteiger partial charge in [-0.1, -0.05) is 43.5 Å². The number of hydrogen-bond acceptors (Lipinski definition) is 2. The summed E-state index contributed by atoms with van der Waals surface area (Å²) in [5, 5.41) is 3.96. The van der Waals surface area contributed by atoms with Crippen molar-refractivity contribution in [2.75, 3.05) is 6.54 Å². The van der Waals surface area contributed by atoms with E-state index in [2.05, 4.69) is 12.2 Å². The zero-order chi connectivity index (χ0) is 15.9. The topological polar surface area (TPSA) is 55.1 Å². The summed E-state index contributed by atoms with van der Waals surface area (Å²) in [4.78, 5) is 12.2. The molecule has 22 heavy (non-hydrogen) atoms. The van der Waals surface area contributed by atoms with Gasteiger partial charge in [0, 0.05) is 11.4 Å². The molecule has 1 amide bonds. The van der Waals surface area contributed by atoms with Crippen LogP contribution in [0, 0.1) is 11.8 Å². The van der Waals surface area contributed by atoms with Gasteiger partial charge in [-0.3, -0.25) is 4.79 Å². The summed E-state index contributed by atoms with van der Waals surface area (Å²) in [5.74, 6) is 1.40. The molecule has 0 heterocycles. The molecule has 3 unspecified atom stereocenters. The molecule has 3 N–H and O–H groups in total. The van der Waals surface area contributed by atoms with Crippen molar-refractivity contribution in [2.24, 2.45) is 17.6 Å². The van der Waals surface area contributed by atoms with E-state index in [4.69, 9.17) is 17.3 Å². The summed E-state index contributed by atoms with van der Waals surface area (Å²) in [6.45, 7) is 2.98. The van der Waals surface area contributed by atoms with E-state index in [0.717, 1.165) is 42.8 Å². The van der Waals surface area contributed by atoms with Crippen molar-refractivity contribution in [1.29, 1.82) is 0 Å². The molecular weight excluding hydrogens is 296 g/mol. The molecular formula is C18H27ClN2O. The summed E-state index contributed by atoms with van der Waals surface area (Å²) < 4.78 is 0.